The summed E-state index contributed by atoms with van der Waals surface area (Å²) in [5.41, 5.74) is 6.72. The minimum atomic E-state index is -4.62. The molecule has 0 fully saturated rings. The Hall–Kier alpha value is -3.13. The largest absolute Gasteiger partial charge is 0.416 e. The van der Waals surface area contributed by atoms with Crippen LogP contribution in [0.2, 0.25) is 10.0 Å². The first-order valence-electron chi connectivity index (χ1n) is 8.05. The van der Waals surface area contributed by atoms with E-state index in [0.717, 1.165) is 10.2 Å². The standard InChI is InChI=1S/C20H11Cl2F3N4/c1-11-3-2-4-12(7-11)5-6-14-17(10-26)28-29(19(14)27)18-15(21)8-13(9-16(18)22)20(23,24)25/h2-4,7-9H,27H2,1H3. The highest BCUT2D eigenvalue weighted by molar-refractivity contribution is 6.38. The fourth-order valence-electron chi connectivity index (χ4n) is 2.59. The van der Waals surface area contributed by atoms with Gasteiger partial charge in [0.15, 0.2) is 5.69 Å². The molecule has 1 aromatic heterocycles. The van der Waals surface area contributed by atoms with Crippen molar-refractivity contribution in [1.29, 1.82) is 5.26 Å². The van der Waals surface area contributed by atoms with Gasteiger partial charge in [0.2, 0.25) is 0 Å². The van der Waals surface area contributed by atoms with E-state index in [1.54, 1.807) is 6.07 Å². The number of hydrogen-bond acceptors (Lipinski definition) is 3. The summed E-state index contributed by atoms with van der Waals surface area (Å²) in [7, 11) is 0. The van der Waals surface area contributed by atoms with Gasteiger partial charge in [-0.1, -0.05) is 47.2 Å². The molecule has 0 unspecified atom stereocenters. The molecular formula is C20H11Cl2F3N4. The predicted molar refractivity (Wildman–Crippen MR) is 105 cm³/mol. The van der Waals surface area contributed by atoms with E-state index < -0.39 is 11.7 Å². The maximum atomic E-state index is 12.9. The Morgan fingerprint density at radius 3 is 2.31 bits per heavy atom. The number of nitrogens with zero attached hydrogens (tertiary/aromatic N) is 3. The summed E-state index contributed by atoms with van der Waals surface area (Å²) < 4.78 is 39.9. The highest BCUT2D eigenvalue weighted by atomic mass is 35.5. The number of nitrogen functional groups attached to an aromatic ring is 1. The minimum absolute atomic E-state index is 0.0646. The van der Waals surface area contributed by atoms with Crippen molar-refractivity contribution in [2.24, 2.45) is 0 Å². The summed E-state index contributed by atoms with van der Waals surface area (Å²) in [6, 6.07) is 10.7. The summed E-state index contributed by atoms with van der Waals surface area (Å²) in [6.45, 7) is 1.91. The van der Waals surface area contributed by atoms with E-state index in [4.69, 9.17) is 28.9 Å². The Morgan fingerprint density at radius 1 is 1.10 bits per heavy atom. The van der Waals surface area contributed by atoms with Crippen molar-refractivity contribution in [2.45, 2.75) is 13.1 Å². The lowest BCUT2D eigenvalue weighted by Crippen LogP contribution is -2.08. The maximum Gasteiger partial charge on any atom is 0.416 e. The van der Waals surface area contributed by atoms with E-state index in [2.05, 4.69) is 16.9 Å². The zero-order valence-corrected chi connectivity index (χ0v) is 16.3. The molecule has 9 heteroatoms. The molecule has 2 aromatic carbocycles. The Labute approximate surface area is 174 Å². The Balaban J connectivity index is 2.14. The minimum Gasteiger partial charge on any atom is -0.383 e. The van der Waals surface area contributed by atoms with Gasteiger partial charge in [-0.2, -0.15) is 23.5 Å². The van der Waals surface area contributed by atoms with Gasteiger partial charge in [0, 0.05) is 5.56 Å². The monoisotopic (exact) mass is 434 g/mol. The molecule has 3 rings (SSSR count). The molecule has 3 aromatic rings. The molecule has 1 heterocycles. The third kappa shape index (κ3) is 4.17. The molecule has 0 bridgehead atoms. The van der Waals surface area contributed by atoms with Crippen molar-refractivity contribution in [3.63, 3.8) is 0 Å². The fourth-order valence-corrected chi connectivity index (χ4v) is 3.24. The molecular weight excluding hydrogens is 424 g/mol. The van der Waals surface area contributed by atoms with Crippen LogP contribution in [0.15, 0.2) is 36.4 Å². The molecule has 146 valence electrons. The number of anilines is 1. The lowest BCUT2D eigenvalue weighted by molar-refractivity contribution is -0.137. The van der Waals surface area contributed by atoms with E-state index in [1.165, 1.54) is 0 Å². The van der Waals surface area contributed by atoms with Crippen LogP contribution < -0.4 is 5.73 Å². The Bertz CT molecular complexity index is 1190. The first-order chi connectivity index (χ1) is 13.6. The number of halogens is 5. The maximum absolute atomic E-state index is 12.9. The molecule has 0 amide bonds. The molecule has 0 aliphatic carbocycles. The second kappa shape index (κ2) is 7.71. The quantitative estimate of drug-likeness (QED) is 0.524. The Kier molecular flexibility index (Phi) is 5.48. The number of rotatable bonds is 1. The van der Waals surface area contributed by atoms with Crippen LogP contribution in [-0.4, -0.2) is 9.78 Å². The molecule has 0 radical (unpaired) electrons. The van der Waals surface area contributed by atoms with Crippen LogP contribution in [0.1, 0.15) is 27.9 Å². The molecule has 0 saturated heterocycles. The van der Waals surface area contributed by atoms with Crippen LogP contribution in [0.5, 0.6) is 0 Å². The highest BCUT2D eigenvalue weighted by Gasteiger charge is 2.32. The number of hydrogen-bond donors (Lipinski definition) is 1. The lowest BCUT2D eigenvalue weighted by atomic mass is 10.1. The topological polar surface area (TPSA) is 67.6 Å². The van der Waals surface area contributed by atoms with E-state index in [9.17, 15) is 18.4 Å². The highest BCUT2D eigenvalue weighted by Crippen LogP contribution is 2.38. The van der Waals surface area contributed by atoms with Gasteiger partial charge in [-0.15, -0.1) is 0 Å². The van der Waals surface area contributed by atoms with Gasteiger partial charge in [-0.05, 0) is 36.8 Å². The molecule has 2 N–H and O–H groups in total. The summed E-state index contributed by atoms with van der Waals surface area (Å²) >= 11 is 12.0. The average molecular weight is 435 g/mol. The van der Waals surface area contributed by atoms with Crippen LogP contribution in [0, 0.1) is 30.1 Å². The molecule has 0 saturated carbocycles. The van der Waals surface area contributed by atoms with Crippen LogP contribution >= 0.6 is 23.2 Å². The molecule has 4 nitrogen and oxygen atoms in total. The number of alkyl halides is 3. The first kappa shape index (κ1) is 20.6. The van der Waals surface area contributed by atoms with Gasteiger partial charge in [0.05, 0.1) is 15.6 Å². The zero-order valence-electron chi connectivity index (χ0n) is 14.8. The normalized spacial score (nSPS) is 10.9. The smallest absolute Gasteiger partial charge is 0.383 e. The first-order valence-corrected chi connectivity index (χ1v) is 8.81. The molecule has 0 spiro atoms. The zero-order chi connectivity index (χ0) is 21.3. The summed E-state index contributed by atoms with van der Waals surface area (Å²) in [5, 5.41) is 12.8. The van der Waals surface area contributed by atoms with Crippen molar-refractivity contribution < 1.29 is 13.2 Å². The van der Waals surface area contributed by atoms with E-state index >= 15 is 0 Å². The van der Waals surface area contributed by atoms with Crippen molar-refractivity contribution in [3.8, 4) is 23.6 Å². The predicted octanol–water partition coefficient (Wildman–Crippen LogP) is 5.36. The van der Waals surface area contributed by atoms with Gasteiger partial charge in [-0.25, -0.2) is 4.68 Å². The summed E-state index contributed by atoms with van der Waals surface area (Å²) in [4.78, 5) is 0. The summed E-state index contributed by atoms with van der Waals surface area (Å²) in [6.07, 6.45) is -4.62. The number of nitrogens with two attached hydrogens (primary N) is 1. The van der Waals surface area contributed by atoms with Gasteiger partial charge in [-0.3, -0.25) is 0 Å². The number of benzene rings is 2. The average Bonchev–Trinajstić information content (AvgIpc) is 2.94. The molecule has 0 aliphatic heterocycles. The van der Waals surface area contributed by atoms with Crippen molar-refractivity contribution >= 4 is 29.0 Å². The van der Waals surface area contributed by atoms with Crippen LogP contribution in [0.25, 0.3) is 5.69 Å². The fraction of sp³-hybridized carbons (Fsp3) is 0.100. The third-order valence-electron chi connectivity index (χ3n) is 3.93. The van der Waals surface area contributed by atoms with Crippen molar-refractivity contribution in [3.05, 3.63) is 74.4 Å². The Morgan fingerprint density at radius 2 is 1.76 bits per heavy atom. The molecule has 29 heavy (non-hydrogen) atoms. The SMILES string of the molecule is Cc1cccc(C#Cc2c(C#N)nn(-c3c(Cl)cc(C(F)(F)F)cc3Cl)c2N)c1. The molecule has 0 atom stereocenters. The lowest BCUT2D eigenvalue weighted by Gasteiger charge is -2.13. The number of aryl methyl sites for hydroxylation is 1. The van der Waals surface area contributed by atoms with Crippen LogP contribution in [0.4, 0.5) is 19.0 Å². The van der Waals surface area contributed by atoms with Gasteiger partial charge in [0.1, 0.15) is 23.1 Å². The third-order valence-corrected chi connectivity index (χ3v) is 4.51. The van der Waals surface area contributed by atoms with E-state index in [-0.39, 0.29) is 32.8 Å². The number of aromatic nitrogens is 2. The van der Waals surface area contributed by atoms with Gasteiger partial charge < -0.3 is 5.73 Å². The van der Waals surface area contributed by atoms with Crippen molar-refractivity contribution in [1.82, 2.24) is 9.78 Å². The van der Waals surface area contributed by atoms with E-state index in [0.29, 0.717) is 17.7 Å². The van der Waals surface area contributed by atoms with Crippen molar-refractivity contribution in [2.75, 3.05) is 5.73 Å². The second-order valence-electron chi connectivity index (χ2n) is 6.04. The van der Waals surface area contributed by atoms with E-state index in [1.807, 2.05) is 31.2 Å². The second-order valence-corrected chi connectivity index (χ2v) is 6.85. The van der Waals surface area contributed by atoms with Gasteiger partial charge in [0.25, 0.3) is 0 Å². The van der Waals surface area contributed by atoms with Crippen LogP contribution in [0.3, 0.4) is 0 Å². The van der Waals surface area contributed by atoms with Crippen LogP contribution in [-0.2, 0) is 6.18 Å². The van der Waals surface area contributed by atoms with Gasteiger partial charge >= 0.3 is 6.18 Å². The summed E-state index contributed by atoms with van der Waals surface area (Å²) in [5.74, 6) is 5.62. The molecule has 0 aliphatic rings. The number of nitriles is 1.